The molecule has 0 radical (unpaired) electrons. The first-order chi connectivity index (χ1) is 9.27. The highest BCUT2D eigenvalue weighted by Gasteiger charge is 2.31. The van der Waals surface area contributed by atoms with Crippen LogP contribution in [0.15, 0.2) is 18.2 Å². The van der Waals surface area contributed by atoms with Crippen LogP contribution in [0, 0.1) is 0 Å². The highest BCUT2D eigenvalue weighted by molar-refractivity contribution is 5.45. The second kappa shape index (κ2) is 5.64. The molecule has 1 aromatic rings. The van der Waals surface area contributed by atoms with Gasteiger partial charge in [0.2, 0.25) is 0 Å². The third-order valence-corrected chi connectivity index (χ3v) is 3.30. The number of ether oxygens (including phenoxy) is 1. The first-order valence-corrected chi connectivity index (χ1v) is 6.84. The molecule has 0 saturated carbocycles. The second-order valence-corrected chi connectivity index (χ2v) is 5.84. The van der Waals surface area contributed by atoms with Crippen molar-refractivity contribution in [3.63, 3.8) is 0 Å². The molecule has 20 heavy (non-hydrogen) atoms. The number of halogens is 3. The fraction of sp³-hybridized carbons (Fsp3) is 0.600. The topological polar surface area (TPSA) is 21.3 Å². The molecule has 1 aliphatic heterocycles. The van der Waals surface area contributed by atoms with Gasteiger partial charge in [-0.15, -0.1) is 0 Å². The summed E-state index contributed by atoms with van der Waals surface area (Å²) in [5.74, 6) is 0.890. The van der Waals surface area contributed by atoms with Crippen molar-refractivity contribution in [1.29, 1.82) is 0 Å². The molecule has 0 unspecified atom stereocenters. The number of alkyl halides is 3. The summed E-state index contributed by atoms with van der Waals surface area (Å²) in [6, 6.07) is 5.96. The Morgan fingerprint density at radius 1 is 1.30 bits per heavy atom. The highest BCUT2D eigenvalue weighted by Crippen LogP contribution is 2.37. The van der Waals surface area contributed by atoms with Crippen LogP contribution < -0.4 is 10.1 Å². The fourth-order valence-electron chi connectivity index (χ4n) is 2.46. The van der Waals surface area contributed by atoms with Crippen LogP contribution in [0.2, 0.25) is 0 Å². The summed E-state index contributed by atoms with van der Waals surface area (Å²) in [6.07, 6.45) is -3.84. The summed E-state index contributed by atoms with van der Waals surface area (Å²) < 4.78 is 42.0. The first kappa shape index (κ1) is 15.2. The summed E-state index contributed by atoms with van der Waals surface area (Å²) in [6.45, 7) is 4.96. The van der Waals surface area contributed by atoms with Crippen molar-refractivity contribution < 1.29 is 17.9 Å². The zero-order valence-electron chi connectivity index (χ0n) is 11.8. The van der Waals surface area contributed by atoms with Gasteiger partial charge in [0.05, 0.1) is 0 Å². The normalized spacial score (nSPS) is 16.9. The molecule has 0 bridgehead atoms. The lowest BCUT2D eigenvalue weighted by atomic mass is 10.0. The van der Waals surface area contributed by atoms with Crippen molar-refractivity contribution in [2.75, 3.05) is 6.54 Å². The van der Waals surface area contributed by atoms with Gasteiger partial charge in [-0.1, -0.05) is 18.2 Å². The average molecular weight is 287 g/mol. The number of benzene rings is 1. The van der Waals surface area contributed by atoms with Crippen molar-refractivity contribution in [3.05, 3.63) is 29.3 Å². The van der Waals surface area contributed by atoms with Crippen LogP contribution >= 0.6 is 0 Å². The van der Waals surface area contributed by atoms with E-state index < -0.39 is 12.6 Å². The Labute approximate surface area is 117 Å². The molecule has 1 heterocycles. The summed E-state index contributed by atoms with van der Waals surface area (Å²) >= 11 is 0. The van der Waals surface area contributed by atoms with Crippen molar-refractivity contribution in [2.45, 2.75) is 51.4 Å². The van der Waals surface area contributed by atoms with E-state index in [4.69, 9.17) is 4.74 Å². The van der Waals surface area contributed by atoms with Crippen molar-refractivity contribution in [2.24, 2.45) is 0 Å². The van der Waals surface area contributed by atoms with Gasteiger partial charge >= 0.3 is 6.18 Å². The molecular weight excluding hydrogens is 267 g/mol. The number of nitrogens with one attached hydrogen (secondary N) is 1. The molecule has 112 valence electrons. The molecule has 5 heteroatoms. The molecule has 2 nitrogen and oxygen atoms in total. The Morgan fingerprint density at radius 2 is 2.05 bits per heavy atom. The van der Waals surface area contributed by atoms with Gasteiger partial charge in [0.25, 0.3) is 0 Å². The predicted octanol–water partition coefficient (Wildman–Crippen LogP) is 3.83. The Bertz CT molecular complexity index is 469. The third kappa shape index (κ3) is 4.13. The average Bonchev–Trinajstić information content (AvgIpc) is 2.62. The Hall–Kier alpha value is -1.23. The highest BCUT2D eigenvalue weighted by atomic mass is 19.4. The minimum atomic E-state index is -4.07. The van der Waals surface area contributed by atoms with Gasteiger partial charge in [0.1, 0.15) is 11.4 Å². The van der Waals surface area contributed by atoms with Gasteiger partial charge < -0.3 is 10.1 Å². The SMILES string of the molecule is CC1(C)Cc2cccc(CNCCCC(F)(F)F)c2O1. The minimum absolute atomic E-state index is 0.102. The summed E-state index contributed by atoms with van der Waals surface area (Å²) in [7, 11) is 0. The smallest absolute Gasteiger partial charge is 0.389 e. The lowest BCUT2D eigenvalue weighted by Crippen LogP contribution is -2.25. The van der Waals surface area contributed by atoms with E-state index in [0.717, 1.165) is 17.7 Å². The number of hydrogen-bond donors (Lipinski definition) is 1. The Balaban J connectivity index is 1.85. The van der Waals surface area contributed by atoms with E-state index in [1.165, 1.54) is 5.56 Å². The number of hydrogen-bond acceptors (Lipinski definition) is 2. The van der Waals surface area contributed by atoms with Gasteiger partial charge in [-0.05, 0) is 32.4 Å². The van der Waals surface area contributed by atoms with Crippen LogP contribution in [-0.4, -0.2) is 18.3 Å². The van der Waals surface area contributed by atoms with Crippen molar-refractivity contribution >= 4 is 0 Å². The van der Waals surface area contributed by atoms with Gasteiger partial charge in [-0.3, -0.25) is 0 Å². The van der Waals surface area contributed by atoms with Gasteiger partial charge in [0, 0.05) is 24.9 Å². The molecule has 1 aromatic carbocycles. The lowest BCUT2D eigenvalue weighted by Gasteiger charge is -2.18. The molecule has 1 aliphatic rings. The summed E-state index contributed by atoms with van der Waals surface area (Å²) in [4.78, 5) is 0. The van der Waals surface area contributed by atoms with Crippen LogP contribution in [0.1, 0.15) is 37.8 Å². The second-order valence-electron chi connectivity index (χ2n) is 5.84. The lowest BCUT2D eigenvalue weighted by molar-refractivity contribution is -0.135. The minimum Gasteiger partial charge on any atom is -0.487 e. The standard InChI is InChI=1S/C15H20F3NO/c1-14(2)9-11-5-3-6-12(13(11)20-14)10-19-8-4-7-15(16,17)18/h3,5-6,19H,4,7-10H2,1-2H3. The molecule has 1 N–H and O–H groups in total. The van der Waals surface area contributed by atoms with E-state index in [1.807, 2.05) is 32.0 Å². The molecule has 0 fully saturated rings. The van der Waals surface area contributed by atoms with Crippen LogP contribution in [0.5, 0.6) is 5.75 Å². The zero-order valence-corrected chi connectivity index (χ0v) is 11.8. The Kier molecular flexibility index (Phi) is 4.28. The molecule has 0 atom stereocenters. The summed E-state index contributed by atoms with van der Waals surface area (Å²) in [5.41, 5.74) is 1.99. The van der Waals surface area contributed by atoms with E-state index in [0.29, 0.717) is 13.1 Å². The summed E-state index contributed by atoms with van der Waals surface area (Å²) in [5, 5.41) is 3.05. The zero-order chi connectivity index (χ0) is 14.8. The number of para-hydroxylation sites is 1. The quantitative estimate of drug-likeness (QED) is 0.831. The fourth-order valence-corrected chi connectivity index (χ4v) is 2.46. The van der Waals surface area contributed by atoms with Gasteiger partial charge in [-0.25, -0.2) is 0 Å². The third-order valence-electron chi connectivity index (χ3n) is 3.30. The van der Waals surface area contributed by atoms with Crippen molar-refractivity contribution in [3.8, 4) is 5.75 Å². The van der Waals surface area contributed by atoms with Crippen molar-refractivity contribution in [1.82, 2.24) is 5.32 Å². The maximum atomic E-state index is 12.0. The maximum Gasteiger partial charge on any atom is 0.389 e. The van der Waals surface area contributed by atoms with E-state index in [-0.39, 0.29) is 12.0 Å². The predicted molar refractivity (Wildman–Crippen MR) is 71.8 cm³/mol. The number of rotatable bonds is 5. The molecule has 0 aromatic heterocycles. The van der Waals surface area contributed by atoms with E-state index >= 15 is 0 Å². The first-order valence-electron chi connectivity index (χ1n) is 6.84. The number of fused-ring (bicyclic) bond motifs is 1. The maximum absolute atomic E-state index is 12.0. The van der Waals surface area contributed by atoms with E-state index in [1.54, 1.807) is 0 Å². The molecule has 0 aliphatic carbocycles. The van der Waals surface area contributed by atoms with Gasteiger partial charge in [-0.2, -0.15) is 13.2 Å². The molecule has 0 spiro atoms. The van der Waals surface area contributed by atoms with Crippen LogP contribution in [0.3, 0.4) is 0 Å². The molecule has 0 amide bonds. The van der Waals surface area contributed by atoms with E-state index in [2.05, 4.69) is 5.32 Å². The van der Waals surface area contributed by atoms with Crippen LogP contribution in [0.4, 0.5) is 13.2 Å². The Morgan fingerprint density at radius 3 is 2.75 bits per heavy atom. The molecule has 2 rings (SSSR count). The van der Waals surface area contributed by atoms with Crippen LogP contribution in [-0.2, 0) is 13.0 Å². The molecule has 0 saturated heterocycles. The largest absolute Gasteiger partial charge is 0.487 e. The van der Waals surface area contributed by atoms with Gasteiger partial charge in [0.15, 0.2) is 0 Å². The van der Waals surface area contributed by atoms with Crippen LogP contribution in [0.25, 0.3) is 0 Å². The monoisotopic (exact) mass is 287 g/mol. The van der Waals surface area contributed by atoms with E-state index in [9.17, 15) is 13.2 Å². The molecular formula is C15H20F3NO.